The van der Waals surface area contributed by atoms with E-state index < -0.39 is 0 Å². The second-order valence-electron chi connectivity index (χ2n) is 4.28. The number of aryl methyl sites for hydroxylation is 1. The Labute approximate surface area is 101 Å². The van der Waals surface area contributed by atoms with Crippen LogP contribution in [0.3, 0.4) is 0 Å². The molecule has 2 rings (SSSR count). The Morgan fingerprint density at radius 2 is 1.65 bits per heavy atom. The molecule has 0 bridgehead atoms. The molecule has 0 unspecified atom stereocenters. The molecule has 0 aliphatic carbocycles. The Balaban J connectivity index is 2.39. The van der Waals surface area contributed by atoms with Crippen LogP contribution >= 0.6 is 0 Å². The standard InChI is InChI=1S/C14H16N2O/c1-10(15)11-3-5-12(6-4-11)13-7-8-14(17)16(2)9-13/h3-10H,15H2,1-2H3/t10-/m0/s1. The Morgan fingerprint density at radius 3 is 2.18 bits per heavy atom. The van der Waals surface area contributed by atoms with Gasteiger partial charge in [-0.2, -0.15) is 0 Å². The van der Waals surface area contributed by atoms with Crippen molar-refractivity contribution in [2.24, 2.45) is 12.8 Å². The molecular weight excluding hydrogens is 212 g/mol. The summed E-state index contributed by atoms with van der Waals surface area (Å²) in [6.45, 7) is 1.96. The van der Waals surface area contributed by atoms with Gasteiger partial charge in [0.2, 0.25) is 5.56 Å². The molecule has 2 N–H and O–H groups in total. The predicted octanol–water partition coefficient (Wildman–Crippen LogP) is 2.07. The fourth-order valence-corrected chi connectivity index (χ4v) is 1.74. The van der Waals surface area contributed by atoms with Gasteiger partial charge in [-0.25, -0.2) is 0 Å². The molecule has 0 fully saturated rings. The van der Waals surface area contributed by atoms with E-state index in [4.69, 9.17) is 5.73 Å². The highest BCUT2D eigenvalue weighted by Crippen LogP contribution is 2.20. The lowest BCUT2D eigenvalue weighted by molar-refractivity contribution is 0.818. The van der Waals surface area contributed by atoms with Crippen molar-refractivity contribution >= 4 is 0 Å². The van der Waals surface area contributed by atoms with Crippen molar-refractivity contribution in [3.05, 3.63) is 58.5 Å². The lowest BCUT2D eigenvalue weighted by atomic mass is 10.0. The van der Waals surface area contributed by atoms with Gasteiger partial charge in [-0.3, -0.25) is 4.79 Å². The van der Waals surface area contributed by atoms with Gasteiger partial charge in [0.1, 0.15) is 0 Å². The van der Waals surface area contributed by atoms with Crippen molar-refractivity contribution in [2.75, 3.05) is 0 Å². The fourth-order valence-electron chi connectivity index (χ4n) is 1.74. The second-order valence-corrected chi connectivity index (χ2v) is 4.28. The number of nitrogens with zero attached hydrogens (tertiary/aromatic N) is 1. The van der Waals surface area contributed by atoms with Crippen LogP contribution in [0.5, 0.6) is 0 Å². The van der Waals surface area contributed by atoms with E-state index in [9.17, 15) is 4.79 Å². The van der Waals surface area contributed by atoms with Gasteiger partial charge < -0.3 is 10.3 Å². The van der Waals surface area contributed by atoms with Crippen LogP contribution in [0.25, 0.3) is 11.1 Å². The summed E-state index contributed by atoms with van der Waals surface area (Å²) in [7, 11) is 1.75. The average molecular weight is 228 g/mol. The summed E-state index contributed by atoms with van der Waals surface area (Å²) in [4.78, 5) is 11.3. The third-order valence-corrected chi connectivity index (χ3v) is 2.86. The number of benzene rings is 1. The first-order valence-corrected chi connectivity index (χ1v) is 5.60. The van der Waals surface area contributed by atoms with E-state index in [0.29, 0.717) is 0 Å². The summed E-state index contributed by atoms with van der Waals surface area (Å²) in [6.07, 6.45) is 1.84. The molecule has 3 nitrogen and oxygen atoms in total. The Bertz CT molecular complexity index is 568. The molecule has 1 aromatic carbocycles. The largest absolute Gasteiger partial charge is 0.324 e. The van der Waals surface area contributed by atoms with Crippen LogP contribution in [0.1, 0.15) is 18.5 Å². The summed E-state index contributed by atoms with van der Waals surface area (Å²) < 4.78 is 1.58. The van der Waals surface area contributed by atoms with Gasteiger partial charge in [0.15, 0.2) is 0 Å². The molecule has 0 saturated heterocycles. The predicted molar refractivity (Wildman–Crippen MR) is 69.7 cm³/mol. The molecule has 1 heterocycles. The van der Waals surface area contributed by atoms with Gasteiger partial charge >= 0.3 is 0 Å². The number of hydrogen-bond acceptors (Lipinski definition) is 2. The zero-order valence-electron chi connectivity index (χ0n) is 10.1. The Hall–Kier alpha value is -1.87. The molecule has 0 aliphatic rings. The maximum Gasteiger partial charge on any atom is 0.250 e. The second kappa shape index (κ2) is 4.55. The van der Waals surface area contributed by atoms with Crippen LogP contribution < -0.4 is 11.3 Å². The number of aromatic nitrogens is 1. The summed E-state index contributed by atoms with van der Waals surface area (Å²) in [5.41, 5.74) is 9.03. The van der Waals surface area contributed by atoms with Crippen LogP contribution in [0, 0.1) is 0 Å². The van der Waals surface area contributed by atoms with Gasteiger partial charge in [0, 0.05) is 25.4 Å². The quantitative estimate of drug-likeness (QED) is 0.855. The van der Waals surface area contributed by atoms with E-state index in [1.807, 2.05) is 43.5 Å². The molecule has 0 radical (unpaired) electrons. The van der Waals surface area contributed by atoms with Crippen LogP contribution in [-0.4, -0.2) is 4.57 Å². The first-order chi connectivity index (χ1) is 8.08. The van der Waals surface area contributed by atoms with Gasteiger partial charge in [0.25, 0.3) is 0 Å². The van der Waals surface area contributed by atoms with Crippen LogP contribution in [0.2, 0.25) is 0 Å². The van der Waals surface area contributed by atoms with Crippen molar-refractivity contribution < 1.29 is 0 Å². The molecule has 88 valence electrons. The highest BCUT2D eigenvalue weighted by atomic mass is 16.1. The third kappa shape index (κ3) is 2.45. The minimum Gasteiger partial charge on any atom is -0.324 e. The molecule has 0 saturated carbocycles. The smallest absolute Gasteiger partial charge is 0.250 e. The van der Waals surface area contributed by atoms with Crippen molar-refractivity contribution in [3.63, 3.8) is 0 Å². The Morgan fingerprint density at radius 1 is 1.06 bits per heavy atom. The normalized spacial score (nSPS) is 12.4. The Kier molecular flexibility index (Phi) is 3.11. The van der Waals surface area contributed by atoms with Crippen LogP contribution in [0.15, 0.2) is 47.4 Å². The molecule has 0 aliphatic heterocycles. The lowest BCUT2D eigenvalue weighted by Gasteiger charge is -2.08. The zero-order chi connectivity index (χ0) is 12.4. The molecule has 3 heteroatoms. The first-order valence-electron chi connectivity index (χ1n) is 5.60. The van der Waals surface area contributed by atoms with E-state index in [1.165, 1.54) is 0 Å². The highest BCUT2D eigenvalue weighted by molar-refractivity contribution is 5.62. The van der Waals surface area contributed by atoms with Crippen molar-refractivity contribution in [3.8, 4) is 11.1 Å². The molecule has 0 spiro atoms. The van der Waals surface area contributed by atoms with Crippen molar-refractivity contribution in [2.45, 2.75) is 13.0 Å². The molecule has 0 amide bonds. The van der Waals surface area contributed by atoms with Gasteiger partial charge in [0.05, 0.1) is 0 Å². The highest BCUT2D eigenvalue weighted by Gasteiger charge is 2.02. The SMILES string of the molecule is C[C@H](N)c1ccc(-c2ccc(=O)n(C)c2)cc1. The van der Waals surface area contributed by atoms with Gasteiger partial charge in [-0.1, -0.05) is 24.3 Å². The summed E-state index contributed by atoms with van der Waals surface area (Å²) >= 11 is 0. The zero-order valence-corrected chi connectivity index (χ0v) is 10.1. The third-order valence-electron chi connectivity index (χ3n) is 2.86. The van der Waals surface area contributed by atoms with Crippen molar-refractivity contribution in [1.29, 1.82) is 0 Å². The summed E-state index contributed by atoms with van der Waals surface area (Å²) in [5, 5.41) is 0. The van der Waals surface area contributed by atoms with Gasteiger partial charge in [-0.15, -0.1) is 0 Å². The maximum absolute atomic E-state index is 11.3. The summed E-state index contributed by atoms with van der Waals surface area (Å²) in [6, 6.07) is 11.6. The topological polar surface area (TPSA) is 48.0 Å². The van der Waals surface area contributed by atoms with E-state index in [0.717, 1.165) is 16.7 Å². The number of nitrogens with two attached hydrogens (primary N) is 1. The van der Waals surface area contributed by atoms with Gasteiger partial charge in [-0.05, 0) is 29.7 Å². The van der Waals surface area contributed by atoms with E-state index >= 15 is 0 Å². The molecular formula is C14H16N2O. The minimum atomic E-state index is 0.000880. The van der Waals surface area contributed by atoms with Crippen molar-refractivity contribution in [1.82, 2.24) is 4.57 Å². The molecule has 17 heavy (non-hydrogen) atoms. The number of rotatable bonds is 2. The average Bonchev–Trinajstić information content (AvgIpc) is 2.33. The maximum atomic E-state index is 11.3. The summed E-state index contributed by atoms with van der Waals surface area (Å²) in [5.74, 6) is 0. The van der Waals surface area contributed by atoms with E-state index in [-0.39, 0.29) is 11.6 Å². The first kappa shape index (κ1) is 11.6. The fraction of sp³-hybridized carbons (Fsp3) is 0.214. The minimum absolute atomic E-state index is 0.000880. The molecule has 2 aromatic rings. The van der Waals surface area contributed by atoms with E-state index in [2.05, 4.69) is 0 Å². The van der Waals surface area contributed by atoms with E-state index in [1.54, 1.807) is 17.7 Å². The lowest BCUT2D eigenvalue weighted by Crippen LogP contribution is -2.13. The number of hydrogen-bond donors (Lipinski definition) is 1. The van der Waals surface area contributed by atoms with Crippen LogP contribution in [-0.2, 0) is 7.05 Å². The molecule has 1 aromatic heterocycles. The number of pyridine rings is 1. The monoisotopic (exact) mass is 228 g/mol. The van der Waals surface area contributed by atoms with Crippen LogP contribution in [0.4, 0.5) is 0 Å². The molecule has 1 atom stereocenters.